The zero-order valence-corrected chi connectivity index (χ0v) is 22.8. The van der Waals surface area contributed by atoms with E-state index in [9.17, 15) is 0 Å². The van der Waals surface area contributed by atoms with Crippen molar-refractivity contribution in [3.05, 3.63) is 65.4 Å². The molecule has 1 N–H and O–H groups in total. The molecule has 0 saturated carbocycles. The lowest BCUT2D eigenvalue weighted by Crippen LogP contribution is -2.25. The highest BCUT2D eigenvalue weighted by atomic mass is 16.5. The van der Waals surface area contributed by atoms with Crippen LogP contribution in [0.3, 0.4) is 0 Å². The van der Waals surface area contributed by atoms with Crippen molar-refractivity contribution in [3.8, 4) is 5.75 Å². The predicted octanol–water partition coefficient (Wildman–Crippen LogP) is 5.17. The van der Waals surface area contributed by atoms with Crippen LogP contribution in [0.2, 0.25) is 0 Å². The minimum absolute atomic E-state index is 0.482. The van der Waals surface area contributed by atoms with Crippen molar-refractivity contribution in [1.29, 1.82) is 0 Å². The maximum absolute atomic E-state index is 6.13. The molecule has 2 saturated heterocycles. The van der Waals surface area contributed by atoms with Crippen LogP contribution < -0.4 is 20.0 Å². The van der Waals surface area contributed by atoms with E-state index >= 15 is 0 Å². The van der Waals surface area contributed by atoms with Crippen LogP contribution in [0.4, 0.5) is 17.8 Å². The molecule has 4 aromatic rings. The summed E-state index contributed by atoms with van der Waals surface area (Å²) in [6.07, 6.45) is 8.66. The van der Waals surface area contributed by atoms with E-state index in [0.29, 0.717) is 12.6 Å². The third-order valence-electron chi connectivity index (χ3n) is 7.51. The van der Waals surface area contributed by atoms with Crippen LogP contribution in [-0.2, 0) is 6.54 Å². The van der Waals surface area contributed by atoms with Gasteiger partial charge in [-0.1, -0.05) is 30.3 Å². The fourth-order valence-electron chi connectivity index (χ4n) is 5.36. The predicted molar refractivity (Wildman–Crippen MR) is 157 cm³/mol. The SMILES string of the molecule is Cc1ccc(C)c(OCCn2cc(C=NNc3nc(N4CCCC4)nc(N4CCCC4)n3)c3ccccc32)c1. The van der Waals surface area contributed by atoms with Gasteiger partial charge in [-0.05, 0) is 62.8 Å². The molecule has 2 aliphatic rings. The highest BCUT2D eigenvalue weighted by Crippen LogP contribution is 2.24. The lowest BCUT2D eigenvalue weighted by molar-refractivity contribution is 0.298. The molecule has 6 rings (SSSR count). The summed E-state index contributed by atoms with van der Waals surface area (Å²) in [5.74, 6) is 2.90. The molecule has 4 heterocycles. The van der Waals surface area contributed by atoms with Crippen LogP contribution >= 0.6 is 0 Å². The summed E-state index contributed by atoms with van der Waals surface area (Å²) in [5.41, 5.74) is 7.62. The summed E-state index contributed by atoms with van der Waals surface area (Å²) in [4.78, 5) is 18.7. The Hall–Kier alpha value is -4.14. The zero-order valence-electron chi connectivity index (χ0n) is 22.8. The van der Waals surface area contributed by atoms with E-state index in [1.54, 1.807) is 0 Å². The van der Waals surface area contributed by atoms with Gasteiger partial charge in [-0.2, -0.15) is 20.1 Å². The first-order valence-corrected chi connectivity index (χ1v) is 14.0. The van der Waals surface area contributed by atoms with Gasteiger partial charge in [0, 0.05) is 48.8 Å². The Morgan fingerprint density at radius 3 is 2.31 bits per heavy atom. The van der Waals surface area contributed by atoms with Gasteiger partial charge in [0.25, 0.3) is 0 Å². The minimum Gasteiger partial charge on any atom is -0.491 e. The van der Waals surface area contributed by atoms with Crippen LogP contribution in [0.1, 0.15) is 42.4 Å². The Balaban J connectivity index is 1.19. The molecular formula is C30H36N8O. The number of nitrogens with zero attached hydrogens (tertiary/aromatic N) is 7. The first-order valence-electron chi connectivity index (χ1n) is 14.0. The van der Waals surface area contributed by atoms with Gasteiger partial charge in [-0.25, -0.2) is 5.43 Å². The van der Waals surface area contributed by atoms with E-state index in [0.717, 1.165) is 72.4 Å². The monoisotopic (exact) mass is 524 g/mol. The summed E-state index contributed by atoms with van der Waals surface area (Å²) < 4.78 is 8.35. The lowest BCUT2D eigenvalue weighted by atomic mass is 10.1. The molecular weight excluding hydrogens is 488 g/mol. The Labute approximate surface area is 229 Å². The van der Waals surface area contributed by atoms with E-state index in [1.165, 1.54) is 31.2 Å². The molecule has 9 nitrogen and oxygen atoms in total. The number of hydrazone groups is 1. The number of ether oxygens (including phenoxy) is 1. The van der Waals surface area contributed by atoms with E-state index in [-0.39, 0.29) is 0 Å². The molecule has 39 heavy (non-hydrogen) atoms. The second-order valence-electron chi connectivity index (χ2n) is 10.4. The van der Waals surface area contributed by atoms with E-state index in [2.05, 4.69) is 87.4 Å². The first kappa shape index (κ1) is 25.2. The van der Waals surface area contributed by atoms with Gasteiger partial charge in [-0.15, -0.1) is 0 Å². The number of aromatic nitrogens is 4. The van der Waals surface area contributed by atoms with Crippen molar-refractivity contribution in [2.24, 2.45) is 5.10 Å². The standard InChI is InChI=1S/C30H36N8O/c1-22-11-12-23(2)27(19-22)39-18-17-38-21-24(25-9-3-4-10-26(25)38)20-31-35-28-32-29(36-13-5-6-14-36)34-30(33-28)37-15-7-8-16-37/h3-4,9-12,19-21H,5-8,13-18H2,1-2H3,(H,32,33,34,35). The molecule has 2 aromatic carbocycles. The average molecular weight is 525 g/mol. The van der Waals surface area contributed by atoms with Gasteiger partial charge in [-0.3, -0.25) is 0 Å². The number of hydrogen-bond donors (Lipinski definition) is 1. The third-order valence-corrected chi connectivity index (χ3v) is 7.51. The number of rotatable bonds is 9. The topological polar surface area (TPSA) is 83.7 Å². The molecule has 2 aromatic heterocycles. The maximum atomic E-state index is 6.13. The van der Waals surface area contributed by atoms with Crippen LogP contribution in [0.5, 0.6) is 5.75 Å². The maximum Gasteiger partial charge on any atom is 0.250 e. The molecule has 0 bridgehead atoms. The molecule has 0 amide bonds. The summed E-state index contributed by atoms with van der Waals surface area (Å²) >= 11 is 0. The number of anilines is 3. The van der Waals surface area contributed by atoms with Crippen LogP contribution in [0.25, 0.3) is 10.9 Å². The van der Waals surface area contributed by atoms with Gasteiger partial charge in [0.15, 0.2) is 0 Å². The molecule has 0 radical (unpaired) electrons. The molecule has 0 atom stereocenters. The van der Waals surface area contributed by atoms with Gasteiger partial charge < -0.3 is 19.1 Å². The number of benzene rings is 2. The Bertz CT molecular complexity index is 1430. The highest BCUT2D eigenvalue weighted by Gasteiger charge is 2.21. The zero-order chi connectivity index (χ0) is 26.6. The van der Waals surface area contributed by atoms with Crippen molar-refractivity contribution in [1.82, 2.24) is 19.5 Å². The normalized spacial score (nSPS) is 15.6. The molecule has 202 valence electrons. The Kier molecular flexibility index (Phi) is 7.29. The fraction of sp³-hybridized carbons (Fsp3) is 0.400. The van der Waals surface area contributed by atoms with Crippen molar-refractivity contribution in [2.75, 3.05) is 48.0 Å². The molecule has 0 aliphatic carbocycles. The van der Waals surface area contributed by atoms with Crippen LogP contribution in [0.15, 0.2) is 53.8 Å². The van der Waals surface area contributed by atoms with Crippen LogP contribution in [-0.4, -0.2) is 58.5 Å². The molecule has 2 aliphatic heterocycles. The molecule has 0 spiro atoms. The number of fused-ring (bicyclic) bond motifs is 1. The number of aryl methyl sites for hydroxylation is 2. The van der Waals surface area contributed by atoms with Gasteiger partial charge >= 0.3 is 0 Å². The number of para-hydroxylation sites is 1. The smallest absolute Gasteiger partial charge is 0.250 e. The fourth-order valence-corrected chi connectivity index (χ4v) is 5.36. The molecule has 0 unspecified atom stereocenters. The van der Waals surface area contributed by atoms with Gasteiger partial charge in [0.1, 0.15) is 12.4 Å². The quantitative estimate of drug-likeness (QED) is 0.239. The second-order valence-corrected chi connectivity index (χ2v) is 10.4. The van der Waals surface area contributed by atoms with Crippen molar-refractivity contribution < 1.29 is 4.74 Å². The summed E-state index contributed by atoms with van der Waals surface area (Å²) in [5, 5.41) is 5.69. The van der Waals surface area contributed by atoms with E-state index in [1.807, 2.05) is 6.21 Å². The lowest BCUT2D eigenvalue weighted by Gasteiger charge is -2.20. The van der Waals surface area contributed by atoms with E-state index < -0.39 is 0 Å². The second kappa shape index (κ2) is 11.3. The average Bonchev–Trinajstić information content (AvgIpc) is 3.73. The number of nitrogens with one attached hydrogen (secondary N) is 1. The van der Waals surface area contributed by atoms with E-state index in [4.69, 9.17) is 19.7 Å². The van der Waals surface area contributed by atoms with Crippen LogP contribution in [0, 0.1) is 13.8 Å². The first-order chi connectivity index (χ1) is 19.1. The summed E-state index contributed by atoms with van der Waals surface area (Å²) in [6.45, 7) is 9.43. The van der Waals surface area contributed by atoms with Gasteiger partial charge in [0.2, 0.25) is 17.8 Å². The van der Waals surface area contributed by atoms with Crippen molar-refractivity contribution in [3.63, 3.8) is 0 Å². The Morgan fingerprint density at radius 2 is 1.59 bits per heavy atom. The summed E-state index contributed by atoms with van der Waals surface area (Å²) in [6, 6.07) is 14.7. The van der Waals surface area contributed by atoms with Crippen molar-refractivity contribution >= 4 is 35.0 Å². The summed E-state index contributed by atoms with van der Waals surface area (Å²) in [7, 11) is 0. The Morgan fingerprint density at radius 1 is 0.897 bits per heavy atom. The van der Waals surface area contributed by atoms with Crippen molar-refractivity contribution in [2.45, 2.75) is 46.1 Å². The highest BCUT2D eigenvalue weighted by molar-refractivity contribution is 5.99. The largest absolute Gasteiger partial charge is 0.491 e. The third kappa shape index (κ3) is 5.67. The number of hydrogen-bond acceptors (Lipinski definition) is 8. The van der Waals surface area contributed by atoms with Gasteiger partial charge in [0.05, 0.1) is 12.8 Å². The minimum atomic E-state index is 0.482. The molecule has 9 heteroatoms. The molecule has 2 fully saturated rings.